The molecule has 0 bridgehead atoms. The van der Waals surface area contributed by atoms with Crippen LogP contribution in [0.1, 0.15) is 128 Å². The van der Waals surface area contributed by atoms with Crippen molar-refractivity contribution in [2.75, 3.05) is 11.5 Å². The van der Waals surface area contributed by atoms with Crippen molar-refractivity contribution in [3.05, 3.63) is 129 Å². The van der Waals surface area contributed by atoms with E-state index >= 15 is 0 Å². The largest absolute Gasteiger partial charge is 0.399 e. The topological polar surface area (TPSA) is 52.0 Å². The average Bonchev–Trinajstić information content (AvgIpc) is 3.01. The number of hydrogen-bond donors (Lipinski definition) is 2. The molecular formula is C41H52N2. The van der Waals surface area contributed by atoms with Crippen molar-refractivity contribution in [2.24, 2.45) is 5.92 Å². The first-order valence-electron chi connectivity index (χ1n) is 16.7. The van der Waals surface area contributed by atoms with Crippen molar-refractivity contribution in [2.45, 2.75) is 103 Å². The zero-order chi connectivity index (χ0) is 30.6. The van der Waals surface area contributed by atoms with E-state index in [2.05, 4.69) is 107 Å². The van der Waals surface area contributed by atoms with E-state index in [0.29, 0.717) is 11.8 Å². The fraction of sp³-hybridized carbons (Fsp3) is 0.415. The zero-order valence-corrected chi connectivity index (χ0v) is 27.1. The number of nitrogens with two attached hydrogens (primary N) is 2. The lowest BCUT2D eigenvalue weighted by Gasteiger charge is -2.42. The second-order valence-corrected chi connectivity index (χ2v) is 13.2. The molecule has 1 aliphatic carbocycles. The minimum Gasteiger partial charge on any atom is -0.399 e. The molecule has 1 aliphatic rings. The number of aryl methyl sites for hydroxylation is 2. The van der Waals surface area contributed by atoms with Gasteiger partial charge in [-0.05, 0) is 127 Å². The number of anilines is 2. The Morgan fingerprint density at radius 3 is 1.40 bits per heavy atom. The average molecular weight is 573 g/mol. The number of rotatable bonds is 10. The summed E-state index contributed by atoms with van der Waals surface area (Å²) < 4.78 is 0. The second kappa shape index (κ2) is 13.4. The second-order valence-electron chi connectivity index (χ2n) is 13.2. The Labute approximate surface area is 260 Å². The lowest BCUT2D eigenvalue weighted by atomic mass is 9.62. The van der Waals surface area contributed by atoms with Crippen LogP contribution in [0, 0.1) is 19.8 Å². The summed E-state index contributed by atoms with van der Waals surface area (Å²) in [6.07, 6.45) is 9.84. The summed E-state index contributed by atoms with van der Waals surface area (Å²) in [7, 11) is 0. The van der Waals surface area contributed by atoms with Gasteiger partial charge < -0.3 is 11.5 Å². The normalized spacial score (nSPS) is 20.1. The van der Waals surface area contributed by atoms with E-state index in [1.165, 1.54) is 83.0 Å². The van der Waals surface area contributed by atoms with Crippen molar-refractivity contribution in [3.63, 3.8) is 0 Å². The monoisotopic (exact) mass is 572 g/mol. The summed E-state index contributed by atoms with van der Waals surface area (Å²) in [5, 5.41) is 0. The molecule has 5 rings (SSSR count). The summed E-state index contributed by atoms with van der Waals surface area (Å²) in [6, 6.07) is 32.2. The molecule has 2 atom stereocenters. The Kier molecular flexibility index (Phi) is 9.65. The van der Waals surface area contributed by atoms with Gasteiger partial charge in [0, 0.05) is 28.6 Å². The zero-order valence-electron chi connectivity index (χ0n) is 27.1. The molecule has 0 aromatic heterocycles. The van der Waals surface area contributed by atoms with E-state index < -0.39 is 0 Å². The molecule has 0 heterocycles. The van der Waals surface area contributed by atoms with Crippen LogP contribution in [0.3, 0.4) is 0 Å². The fourth-order valence-corrected chi connectivity index (χ4v) is 8.13. The molecule has 1 saturated carbocycles. The van der Waals surface area contributed by atoms with Crippen LogP contribution in [0.15, 0.2) is 84.9 Å². The Morgan fingerprint density at radius 2 is 1.05 bits per heavy atom. The van der Waals surface area contributed by atoms with Gasteiger partial charge in [0.25, 0.3) is 0 Å². The maximum Gasteiger partial charge on any atom is 0.0316 e. The molecule has 2 nitrogen and oxygen atoms in total. The number of hydrogen-bond acceptors (Lipinski definition) is 2. The van der Waals surface area contributed by atoms with E-state index in [1.807, 2.05) is 12.1 Å². The Balaban J connectivity index is 1.48. The van der Waals surface area contributed by atoms with Crippen LogP contribution in [0.5, 0.6) is 0 Å². The van der Waals surface area contributed by atoms with Crippen LogP contribution < -0.4 is 11.5 Å². The number of nitrogen functional groups attached to an aromatic ring is 2. The van der Waals surface area contributed by atoms with Crippen LogP contribution in [0.4, 0.5) is 11.4 Å². The third kappa shape index (κ3) is 6.40. The first-order valence-corrected chi connectivity index (χ1v) is 16.7. The Hall–Kier alpha value is -3.52. The highest BCUT2D eigenvalue weighted by Gasteiger charge is 2.38. The SMILES string of the molecule is CCCC1CCC(c2ccc(C(CC)c3ccc(N)cc3C)cc2)(c2ccc(C(CC)c3ccc(N)cc3C)cc2)CC1. The van der Waals surface area contributed by atoms with Crippen molar-refractivity contribution in [1.29, 1.82) is 0 Å². The summed E-state index contributed by atoms with van der Waals surface area (Å²) in [4.78, 5) is 0. The maximum atomic E-state index is 6.08. The van der Waals surface area contributed by atoms with Gasteiger partial charge in [-0.2, -0.15) is 0 Å². The van der Waals surface area contributed by atoms with Gasteiger partial charge in [0.1, 0.15) is 0 Å². The maximum absolute atomic E-state index is 6.08. The molecule has 4 N–H and O–H groups in total. The van der Waals surface area contributed by atoms with Crippen LogP contribution in [-0.4, -0.2) is 0 Å². The highest BCUT2D eigenvalue weighted by molar-refractivity contribution is 5.50. The van der Waals surface area contributed by atoms with Gasteiger partial charge in [-0.3, -0.25) is 0 Å². The van der Waals surface area contributed by atoms with Gasteiger partial charge in [0.15, 0.2) is 0 Å². The first kappa shape index (κ1) is 30.9. The van der Waals surface area contributed by atoms with Gasteiger partial charge >= 0.3 is 0 Å². The summed E-state index contributed by atoms with van der Waals surface area (Å²) in [6.45, 7) is 11.3. The van der Waals surface area contributed by atoms with Crippen LogP contribution in [0.25, 0.3) is 0 Å². The molecule has 2 unspecified atom stereocenters. The lowest BCUT2D eigenvalue weighted by molar-refractivity contribution is 0.253. The molecule has 4 aromatic rings. The lowest BCUT2D eigenvalue weighted by Crippen LogP contribution is -2.33. The number of benzene rings is 4. The third-order valence-electron chi connectivity index (χ3n) is 10.5. The van der Waals surface area contributed by atoms with E-state index in [4.69, 9.17) is 11.5 Å². The summed E-state index contributed by atoms with van der Waals surface area (Å²) in [5.74, 6) is 1.62. The van der Waals surface area contributed by atoms with Gasteiger partial charge in [0.2, 0.25) is 0 Å². The van der Waals surface area contributed by atoms with Gasteiger partial charge in [-0.1, -0.05) is 94.3 Å². The quantitative estimate of drug-likeness (QED) is 0.186. The van der Waals surface area contributed by atoms with Crippen LogP contribution in [0.2, 0.25) is 0 Å². The molecule has 4 aromatic carbocycles. The molecule has 0 aliphatic heterocycles. The molecule has 226 valence electrons. The first-order chi connectivity index (χ1) is 20.8. The highest BCUT2D eigenvalue weighted by atomic mass is 14.5. The molecule has 1 fully saturated rings. The van der Waals surface area contributed by atoms with Gasteiger partial charge in [-0.25, -0.2) is 0 Å². The predicted octanol–water partition coefficient (Wildman–Crippen LogP) is 10.8. The van der Waals surface area contributed by atoms with E-state index in [-0.39, 0.29) is 5.41 Å². The Bertz CT molecular complexity index is 1390. The van der Waals surface area contributed by atoms with E-state index in [9.17, 15) is 0 Å². The smallest absolute Gasteiger partial charge is 0.0316 e. The van der Waals surface area contributed by atoms with E-state index in [1.54, 1.807) is 0 Å². The molecule has 0 amide bonds. The van der Waals surface area contributed by atoms with Crippen LogP contribution in [-0.2, 0) is 5.41 Å². The molecule has 0 saturated heterocycles. The summed E-state index contributed by atoms with van der Waals surface area (Å²) in [5.41, 5.74) is 25.0. The Morgan fingerprint density at radius 1 is 0.628 bits per heavy atom. The van der Waals surface area contributed by atoms with Gasteiger partial charge in [-0.15, -0.1) is 0 Å². The van der Waals surface area contributed by atoms with Crippen LogP contribution >= 0.6 is 0 Å². The van der Waals surface area contributed by atoms with Gasteiger partial charge in [0.05, 0.1) is 0 Å². The van der Waals surface area contributed by atoms with Crippen molar-refractivity contribution in [3.8, 4) is 0 Å². The highest BCUT2D eigenvalue weighted by Crippen LogP contribution is 2.48. The molecule has 2 heteroatoms. The minimum atomic E-state index is 0.0684. The fourth-order valence-electron chi connectivity index (χ4n) is 8.13. The van der Waals surface area contributed by atoms with E-state index in [0.717, 1.165) is 30.1 Å². The molecule has 0 radical (unpaired) electrons. The summed E-state index contributed by atoms with van der Waals surface area (Å²) >= 11 is 0. The third-order valence-corrected chi connectivity index (χ3v) is 10.5. The van der Waals surface area contributed by atoms with Crippen molar-refractivity contribution >= 4 is 11.4 Å². The molecule has 43 heavy (non-hydrogen) atoms. The van der Waals surface area contributed by atoms with Crippen molar-refractivity contribution in [1.82, 2.24) is 0 Å². The predicted molar refractivity (Wildman–Crippen MR) is 186 cm³/mol. The standard InChI is InChI=1S/C41H52N2/c1-6-9-30-22-24-41(25-23-30,33-14-10-31(11-15-33)37(7-2)39-20-18-35(42)26-28(39)4)34-16-12-32(13-17-34)38(8-3)40-21-19-36(43)27-29(40)5/h10-21,26-27,30,37-38H,6-9,22-25,42-43H2,1-5H3. The molecule has 0 spiro atoms. The molecular weight excluding hydrogens is 520 g/mol. The van der Waals surface area contributed by atoms with Crippen molar-refractivity contribution < 1.29 is 0 Å². The minimum absolute atomic E-state index is 0.0684.